The van der Waals surface area contributed by atoms with Crippen molar-refractivity contribution in [3.05, 3.63) is 0 Å². The lowest BCUT2D eigenvalue weighted by Crippen LogP contribution is -2.14. The van der Waals surface area contributed by atoms with Crippen molar-refractivity contribution in [3.63, 3.8) is 0 Å². The average Bonchev–Trinajstić information content (AvgIpc) is 2.29. The summed E-state index contributed by atoms with van der Waals surface area (Å²) in [4.78, 5) is 4.40. The molecule has 0 aromatic rings. The smallest absolute Gasteiger partial charge is 0.124 e. The molecule has 2 aliphatic rings. The Balaban J connectivity index is 1.77. The summed E-state index contributed by atoms with van der Waals surface area (Å²) in [7, 11) is 0. The molecule has 0 atom stereocenters. The van der Waals surface area contributed by atoms with Crippen molar-refractivity contribution in [2.45, 2.75) is 24.5 Å². The summed E-state index contributed by atoms with van der Waals surface area (Å²) in [6, 6.07) is 0. The van der Waals surface area contributed by atoms with Crippen LogP contribution in [-0.4, -0.2) is 21.9 Å². The highest BCUT2D eigenvalue weighted by molar-refractivity contribution is 8.39. The van der Waals surface area contributed by atoms with Gasteiger partial charge < -0.3 is 0 Å². The zero-order valence-corrected chi connectivity index (χ0v) is 7.51. The van der Waals surface area contributed by atoms with Crippen molar-refractivity contribution in [1.29, 1.82) is 0 Å². The molecule has 0 aromatic heterocycles. The first-order valence-electron chi connectivity index (χ1n) is 3.79. The first kappa shape index (κ1) is 7.04. The molecule has 1 nitrogen and oxygen atoms in total. The minimum Gasteiger partial charge on any atom is -0.271 e. The van der Waals surface area contributed by atoms with Crippen LogP contribution in [0, 0.1) is 0 Å². The second-order valence-electron chi connectivity index (χ2n) is 2.67. The molecule has 0 N–H and O–H groups in total. The lowest BCUT2D eigenvalue weighted by molar-refractivity contribution is 0.524. The Morgan fingerprint density at radius 1 is 1.50 bits per heavy atom. The summed E-state index contributed by atoms with van der Waals surface area (Å²) in [5.41, 5.74) is 0. The number of rotatable bonds is 1. The molecule has 2 rings (SSSR count). The SMILES string of the molecule is C1CC(SC2=NCCS2)C1. The second kappa shape index (κ2) is 3.18. The second-order valence-corrected chi connectivity index (χ2v) is 5.30. The monoisotopic (exact) mass is 173 g/mol. The number of nitrogens with zero attached hydrogens (tertiary/aromatic N) is 1. The predicted octanol–water partition coefficient (Wildman–Crippen LogP) is 2.37. The summed E-state index contributed by atoms with van der Waals surface area (Å²) in [5, 5.41) is 0.921. The Kier molecular flexibility index (Phi) is 2.24. The molecule has 1 aliphatic carbocycles. The van der Waals surface area contributed by atoms with Gasteiger partial charge in [-0.15, -0.1) is 0 Å². The van der Waals surface area contributed by atoms with Crippen molar-refractivity contribution in [2.24, 2.45) is 4.99 Å². The van der Waals surface area contributed by atoms with Crippen molar-refractivity contribution >= 4 is 27.9 Å². The predicted molar refractivity (Wildman–Crippen MR) is 50.0 cm³/mol. The van der Waals surface area contributed by atoms with Gasteiger partial charge in [-0.3, -0.25) is 4.99 Å². The van der Waals surface area contributed by atoms with Gasteiger partial charge in [-0.05, 0) is 12.8 Å². The van der Waals surface area contributed by atoms with Gasteiger partial charge in [0.25, 0.3) is 0 Å². The molecule has 1 fully saturated rings. The van der Waals surface area contributed by atoms with Gasteiger partial charge >= 0.3 is 0 Å². The zero-order valence-electron chi connectivity index (χ0n) is 5.88. The maximum atomic E-state index is 4.40. The Hall–Kier alpha value is 0.370. The van der Waals surface area contributed by atoms with Crippen molar-refractivity contribution < 1.29 is 0 Å². The Morgan fingerprint density at radius 3 is 2.90 bits per heavy atom. The quantitative estimate of drug-likeness (QED) is 0.603. The van der Waals surface area contributed by atoms with Crippen LogP contribution in [-0.2, 0) is 0 Å². The highest BCUT2D eigenvalue weighted by Crippen LogP contribution is 2.36. The fourth-order valence-corrected chi connectivity index (χ4v) is 3.51. The molecule has 10 heavy (non-hydrogen) atoms. The first-order chi connectivity index (χ1) is 4.95. The van der Waals surface area contributed by atoms with Gasteiger partial charge in [0, 0.05) is 11.0 Å². The van der Waals surface area contributed by atoms with Crippen LogP contribution >= 0.6 is 23.5 Å². The van der Waals surface area contributed by atoms with E-state index in [4.69, 9.17) is 0 Å². The molecular formula is C7H11NS2. The van der Waals surface area contributed by atoms with Crippen molar-refractivity contribution in [1.82, 2.24) is 0 Å². The molecule has 0 amide bonds. The van der Waals surface area contributed by atoms with Crippen LogP contribution in [0.1, 0.15) is 19.3 Å². The molecular weight excluding hydrogens is 162 g/mol. The van der Waals surface area contributed by atoms with Gasteiger partial charge in [0.15, 0.2) is 0 Å². The molecule has 1 saturated carbocycles. The van der Waals surface area contributed by atoms with Gasteiger partial charge in [-0.1, -0.05) is 29.9 Å². The Morgan fingerprint density at radius 2 is 2.40 bits per heavy atom. The van der Waals surface area contributed by atoms with Crippen LogP contribution < -0.4 is 0 Å². The molecule has 0 bridgehead atoms. The Bertz CT molecular complexity index is 152. The molecule has 0 aromatic carbocycles. The van der Waals surface area contributed by atoms with Crippen LogP contribution in [0.3, 0.4) is 0 Å². The van der Waals surface area contributed by atoms with Crippen molar-refractivity contribution in [2.75, 3.05) is 12.3 Å². The molecule has 56 valence electrons. The normalized spacial score (nSPS) is 26.2. The number of hydrogen-bond acceptors (Lipinski definition) is 3. The zero-order chi connectivity index (χ0) is 6.81. The average molecular weight is 173 g/mol. The number of thioether (sulfide) groups is 2. The van der Waals surface area contributed by atoms with Crippen LogP contribution in [0.5, 0.6) is 0 Å². The summed E-state index contributed by atoms with van der Waals surface area (Å²) in [6.45, 7) is 1.06. The van der Waals surface area contributed by atoms with Crippen LogP contribution in [0.4, 0.5) is 0 Å². The maximum Gasteiger partial charge on any atom is 0.124 e. The summed E-state index contributed by atoms with van der Waals surface area (Å²) in [6.07, 6.45) is 4.28. The molecule has 1 heterocycles. The summed E-state index contributed by atoms with van der Waals surface area (Å²) in [5.74, 6) is 1.22. The van der Waals surface area contributed by atoms with E-state index in [1.165, 1.54) is 29.4 Å². The van der Waals surface area contributed by atoms with E-state index in [0.717, 1.165) is 11.8 Å². The molecule has 3 heteroatoms. The lowest BCUT2D eigenvalue weighted by atomic mass is 10.0. The molecule has 0 saturated heterocycles. The van der Waals surface area contributed by atoms with Crippen LogP contribution in [0.15, 0.2) is 4.99 Å². The highest BCUT2D eigenvalue weighted by Gasteiger charge is 2.21. The topological polar surface area (TPSA) is 12.4 Å². The van der Waals surface area contributed by atoms with E-state index in [1.54, 1.807) is 0 Å². The third-order valence-electron chi connectivity index (χ3n) is 1.88. The first-order valence-corrected chi connectivity index (χ1v) is 5.65. The van der Waals surface area contributed by atoms with E-state index in [1.807, 2.05) is 23.5 Å². The van der Waals surface area contributed by atoms with Gasteiger partial charge in [-0.2, -0.15) is 0 Å². The van der Waals surface area contributed by atoms with Gasteiger partial charge in [0.1, 0.15) is 4.38 Å². The lowest BCUT2D eigenvalue weighted by Gasteiger charge is -2.23. The van der Waals surface area contributed by atoms with Crippen molar-refractivity contribution in [3.8, 4) is 0 Å². The standard InChI is InChI=1S/C7H11NS2/c1-2-6(3-1)10-7-8-4-5-9-7/h6H,1-5H2. The molecule has 0 unspecified atom stereocenters. The van der Waals surface area contributed by atoms with Gasteiger partial charge in [0.05, 0.1) is 6.54 Å². The maximum absolute atomic E-state index is 4.40. The highest BCUT2D eigenvalue weighted by atomic mass is 32.2. The molecule has 0 spiro atoms. The number of aliphatic imine (C=N–C) groups is 1. The van der Waals surface area contributed by atoms with Gasteiger partial charge in [-0.25, -0.2) is 0 Å². The molecule has 1 aliphatic heterocycles. The third-order valence-corrected chi connectivity index (χ3v) is 4.42. The largest absolute Gasteiger partial charge is 0.271 e. The van der Waals surface area contributed by atoms with Gasteiger partial charge in [0.2, 0.25) is 0 Å². The van der Waals surface area contributed by atoms with E-state index in [2.05, 4.69) is 4.99 Å². The fraction of sp³-hybridized carbons (Fsp3) is 0.857. The minimum atomic E-state index is 0.921. The van der Waals surface area contributed by atoms with E-state index in [-0.39, 0.29) is 0 Å². The van der Waals surface area contributed by atoms with Crippen LogP contribution in [0.25, 0.3) is 0 Å². The third kappa shape index (κ3) is 1.51. The number of hydrogen-bond donors (Lipinski definition) is 0. The Labute approximate surface area is 70.1 Å². The summed E-state index contributed by atoms with van der Waals surface area (Å²) < 4.78 is 1.35. The van der Waals surface area contributed by atoms with E-state index in [0.29, 0.717) is 0 Å². The van der Waals surface area contributed by atoms with Crippen LogP contribution in [0.2, 0.25) is 0 Å². The van der Waals surface area contributed by atoms with E-state index in [9.17, 15) is 0 Å². The van der Waals surface area contributed by atoms with E-state index >= 15 is 0 Å². The summed E-state index contributed by atoms with van der Waals surface area (Å²) >= 11 is 3.94. The van der Waals surface area contributed by atoms with E-state index < -0.39 is 0 Å². The fourth-order valence-electron chi connectivity index (χ4n) is 1.02. The molecule has 0 radical (unpaired) electrons. The minimum absolute atomic E-state index is 0.921.